The highest BCUT2D eigenvalue weighted by Gasteiger charge is 2.42. The Kier molecular flexibility index (Phi) is 8.01. The fourth-order valence-corrected chi connectivity index (χ4v) is 2.23. The highest BCUT2D eigenvalue weighted by atomic mass is 19.4. The molecule has 0 heterocycles. The number of benzene rings is 1. The summed E-state index contributed by atoms with van der Waals surface area (Å²) in [5, 5.41) is 9.03. The van der Waals surface area contributed by atoms with E-state index in [2.05, 4.69) is 4.74 Å². The molecule has 136 valence electrons. The summed E-state index contributed by atoms with van der Waals surface area (Å²) in [5.41, 5.74) is -0.373. The van der Waals surface area contributed by atoms with Crippen LogP contribution in [0.2, 0.25) is 0 Å². The molecule has 1 aromatic rings. The van der Waals surface area contributed by atoms with Crippen LogP contribution in [0.3, 0.4) is 0 Å². The Bertz CT molecular complexity index is 529. The van der Waals surface area contributed by atoms with Gasteiger partial charge in [0.25, 0.3) is 0 Å². The standard InChI is InChI=1S/C17H22F4O3/c1-2-3-4-5-6-7-8-15(17(19,20)21)24-16(23)12-9-10-14(22)13(18)11-12/h9-11,15,22H,2-8H2,1H3. The minimum absolute atomic E-state index is 0.297. The minimum Gasteiger partial charge on any atom is -0.505 e. The van der Waals surface area contributed by atoms with E-state index in [0.717, 1.165) is 37.8 Å². The molecule has 3 nitrogen and oxygen atoms in total. The number of unbranched alkanes of at least 4 members (excludes halogenated alkanes) is 5. The Morgan fingerprint density at radius 3 is 2.38 bits per heavy atom. The van der Waals surface area contributed by atoms with Crippen molar-refractivity contribution in [1.29, 1.82) is 0 Å². The van der Waals surface area contributed by atoms with Gasteiger partial charge in [-0.1, -0.05) is 39.0 Å². The molecule has 0 amide bonds. The average Bonchev–Trinajstić information content (AvgIpc) is 2.51. The number of aromatic hydroxyl groups is 1. The monoisotopic (exact) mass is 350 g/mol. The number of carbonyl (C=O) groups excluding carboxylic acids is 1. The van der Waals surface area contributed by atoms with Crippen molar-refractivity contribution in [2.45, 2.75) is 64.1 Å². The number of hydrogen-bond acceptors (Lipinski definition) is 3. The SMILES string of the molecule is CCCCCCCCC(OC(=O)c1ccc(O)c(F)c1)C(F)(F)F. The molecule has 0 aliphatic rings. The molecule has 0 saturated carbocycles. The number of hydrogen-bond donors (Lipinski definition) is 1. The lowest BCUT2D eigenvalue weighted by Crippen LogP contribution is -2.33. The number of rotatable bonds is 9. The highest BCUT2D eigenvalue weighted by Crippen LogP contribution is 2.28. The van der Waals surface area contributed by atoms with Crippen LogP contribution >= 0.6 is 0 Å². The summed E-state index contributed by atoms with van der Waals surface area (Å²) in [6, 6.07) is 2.55. The van der Waals surface area contributed by atoms with Gasteiger partial charge in [0.2, 0.25) is 0 Å². The number of ether oxygens (including phenoxy) is 1. The molecule has 0 aromatic heterocycles. The molecular weight excluding hydrogens is 328 g/mol. The van der Waals surface area contributed by atoms with Crippen LogP contribution in [0.15, 0.2) is 18.2 Å². The smallest absolute Gasteiger partial charge is 0.425 e. The lowest BCUT2D eigenvalue weighted by atomic mass is 10.1. The molecule has 0 bridgehead atoms. The van der Waals surface area contributed by atoms with Gasteiger partial charge < -0.3 is 9.84 Å². The zero-order valence-electron chi connectivity index (χ0n) is 13.5. The van der Waals surface area contributed by atoms with Crippen LogP contribution in [-0.4, -0.2) is 23.4 Å². The van der Waals surface area contributed by atoms with Gasteiger partial charge in [-0.3, -0.25) is 0 Å². The third kappa shape index (κ3) is 6.76. The van der Waals surface area contributed by atoms with Crippen LogP contribution in [-0.2, 0) is 4.74 Å². The molecule has 0 aliphatic carbocycles. The molecule has 0 fully saturated rings. The molecule has 1 rings (SSSR count). The first kappa shape index (κ1) is 20.3. The Balaban J connectivity index is 2.59. The molecule has 1 aromatic carbocycles. The second-order valence-corrected chi connectivity index (χ2v) is 5.66. The van der Waals surface area contributed by atoms with Crippen LogP contribution < -0.4 is 0 Å². The second-order valence-electron chi connectivity index (χ2n) is 5.66. The van der Waals surface area contributed by atoms with Crippen molar-refractivity contribution in [1.82, 2.24) is 0 Å². The van der Waals surface area contributed by atoms with Gasteiger partial charge in [-0.2, -0.15) is 13.2 Å². The number of alkyl halides is 3. The number of esters is 1. The number of phenolic OH excluding ortho intramolecular Hbond substituents is 1. The Morgan fingerprint density at radius 2 is 1.79 bits per heavy atom. The molecule has 1 N–H and O–H groups in total. The summed E-state index contributed by atoms with van der Waals surface area (Å²) in [6.07, 6.45) is -2.36. The first-order chi connectivity index (χ1) is 11.3. The molecule has 0 spiro atoms. The van der Waals surface area contributed by atoms with E-state index in [1.54, 1.807) is 0 Å². The zero-order chi connectivity index (χ0) is 18.2. The van der Waals surface area contributed by atoms with E-state index in [1.807, 2.05) is 6.92 Å². The molecule has 24 heavy (non-hydrogen) atoms. The first-order valence-electron chi connectivity index (χ1n) is 8.02. The summed E-state index contributed by atoms with van der Waals surface area (Å²) < 4.78 is 56.6. The third-order valence-corrected chi connectivity index (χ3v) is 3.62. The molecular formula is C17H22F4O3. The number of phenols is 1. The molecule has 1 atom stereocenters. The van der Waals surface area contributed by atoms with Gasteiger partial charge in [0.15, 0.2) is 17.7 Å². The molecule has 0 saturated heterocycles. The topological polar surface area (TPSA) is 46.5 Å². The van der Waals surface area contributed by atoms with Crippen LogP contribution in [0.4, 0.5) is 17.6 Å². The molecule has 0 radical (unpaired) electrons. The van der Waals surface area contributed by atoms with Gasteiger partial charge in [-0.25, -0.2) is 9.18 Å². The summed E-state index contributed by atoms with van der Waals surface area (Å²) in [6.45, 7) is 2.05. The van der Waals surface area contributed by atoms with Crippen molar-refractivity contribution in [3.05, 3.63) is 29.6 Å². The van der Waals surface area contributed by atoms with E-state index in [0.29, 0.717) is 18.9 Å². The fourth-order valence-electron chi connectivity index (χ4n) is 2.23. The van der Waals surface area contributed by atoms with E-state index < -0.39 is 29.8 Å². The van der Waals surface area contributed by atoms with E-state index in [-0.39, 0.29) is 12.0 Å². The maximum atomic E-state index is 13.2. The number of halogens is 4. The predicted octanol–water partition coefficient (Wildman–Crippen LogP) is 5.37. The van der Waals surface area contributed by atoms with Crippen LogP contribution in [0.1, 0.15) is 62.2 Å². The summed E-state index contributed by atoms with van der Waals surface area (Å²) >= 11 is 0. The van der Waals surface area contributed by atoms with Gasteiger partial charge in [0.05, 0.1) is 5.56 Å². The lowest BCUT2D eigenvalue weighted by Gasteiger charge is -2.20. The average molecular weight is 350 g/mol. The van der Waals surface area contributed by atoms with Crippen LogP contribution in [0.5, 0.6) is 5.75 Å². The summed E-state index contributed by atoms with van der Waals surface area (Å²) in [4.78, 5) is 11.8. The second kappa shape index (κ2) is 9.49. The van der Waals surface area contributed by atoms with Crippen molar-refractivity contribution in [2.75, 3.05) is 0 Å². The van der Waals surface area contributed by atoms with Crippen molar-refractivity contribution >= 4 is 5.97 Å². The maximum absolute atomic E-state index is 13.2. The third-order valence-electron chi connectivity index (χ3n) is 3.62. The quantitative estimate of drug-likeness (QED) is 0.370. The van der Waals surface area contributed by atoms with Gasteiger partial charge in [0, 0.05) is 0 Å². The molecule has 1 unspecified atom stereocenters. The van der Waals surface area contributed by atoms with Crippen LogP contribution in [0.25, 0.3) is 0 Å². The fraction of sp³-hybridized carbons (Fsp3) is 0.588. The molecule has 7 heteroatoms. The van der Waals surface area contributed by atoms with E-state index in [9.17, 15) is 22.4 Å². The maximum Gasteiger partial charge on any atom is 0.425 e. The van der Waals surface area contributed by atoms with Crippen molar-refractivity contribution in [2.24, 2.45) is 0 Å². The van der Waals surface area contributed by atoms with Gasteiger partial charge >= 0.3 is 12.1 Å². The predicted molar refractivity (Wildman–Crippen MR) is 81.3 cm³/mol. The summed E-state index contributed by atoms with van der Waals surface area (Å²) in [5.74, 6) is -3.04. The Labute approximate surface area is 138 Å². The highest BCUT2D eigenvalue weighted by molar-refractivity contribution is 5.89. The number of carbonyl (C=O) groups is 1. The van der Waals surface area contributed by atoms with Gasteiger partial charge in [0.1, 0.15) is 0 Å². The van der Waals surface area contributed by atoms with Crippen molar-refractivity contribution in [3.63, 3.8) is 0 Å². The van der Waals surface area contributed by atoms with Gasteiger partial charge in [-0.15, -0.1) is 0 Å². The van der Waals surface area contributed by atoms with Crippen molar-refractivity contribution in [3.8, 4) is 5.75 Å². The molecule has 0 aliphatic heterocycles. The Morgan fingerprint density at radius 1 is 1.17 bits per heavy atom. The van der Waals surface area contributed by atoms with E-state index >= 15 is 0 Å². The first-order valence-corrected chi connectivity index (χ1v) is 8.02. The van der Waals surface area contributed by atoms with Crippen LogP contribution in [0, 0.1) is 5.82 Å². The van der Waals surface area contributed by atoms with Crippen molar-refractivity contribution < 1.29 is 32.2 Å². The van der Waals surface area contributed by atoms with Gasteiger partial charge in [-0.05, 0) is 31.0 Å². The largest absolute Gasteiger partial charge is 0.505 e. The zero-order valence-corrected chi connectivity index (χ0v) is 13.5. The lowest BCUT2D eigenvalue weighted by molar-refractivity contribution is -0.206. The Hall–Kier alpha value is -1.79. The summed E-state index contributed by atoms with van der Waals surface area (Å²) in [7, 11) is 0. The minimum atomic E-state index is -4.67. The normalized spacial score (nSPS) is 12.9. The van der Waals surface area contributed by atoms with E-state index in [4.69, 9.17) is 5.11 Å². The van der Waals surface area contributed by atoms with E-state index in [1.165, 1.54) is 0 Å².